The highest BCUT2D eigenvalue weighted by Crippen LogP contribution is 2.27. The number of nitrogens with zero attached hydrogens (tertiary/aromatic N) is 2. The van der Waals surface area contributed by atoms with E-state index in [1.807, 2.05) is 56.5 Å². The standard InChI is InChI=1S/C34H43N3O5S2/c1-5-32(34(39)35-27-11-7-6-8-12-27)36(23-26-10-9-13-29(22-26)42-3)33(38)24-37(28-16-14-25(2)15-17-28)44(40,41)31-20-18-30(43-4)19-21-31/h9-10,13-22,27,32H,5-8,11-12,23-24H2,1-4H3,(H,35,39)/t32-/m0/s1. The second-order valence-electron chi connectivity index (χ2n) is 11.2. The number of hydrogen-bond acceptors (Lipinski definition) is 6. The Hall–Kier alpha value is -3.50. The molecule has 0 unspecified atom stereocenters. The van der Waals surface area contributed by atoms with Crippen LogP contribution in [0.1, 0.15) is 56.6 Å². The lowest BCUT2D eigenvalue weighted by Gasteiger charge is -2.34. The third-order valence-electron chi connectivity index (χ3n) is 8.07. The Balaban J connectivity index is 1.71. The fourth-order valence-corrected chi connectivity index (χ4v) is 7.37. The SMILES string of the molecule is CC[C@@H](C(=O)NC1CCCCC1)N(Cc1cccc(OC)c1)C(=O)CN(c1ccc(C)cc1)S(=O)(=O)c1ccc(SC)cc1. The van der Waals surface area contributed by atoms with Crippen LogP contribution in [-0.4, -0.2) is 57.1 Å². The number of rotatable bonds is 13. The summed E-state index contributed by atoms with van der Waals surface area (Å²) in [6.45, 7) is 3.45. The molecule has 1 N–H and O–H groups in total. The molecule has 4 rings (SSSR count). The first-order valence-electron chi connectivity index (χ1n) is 15.1. The van der Waals surface area contributed by atoms with Crippen LogP contribution in [0.3, 0.4) is 0 Å². The van der Waals surface area contributed by atoms with Crippen LogP contribution in [0.15, 0.2) is 82.6 Å². The van der Waals surface area contributed by atoms with E-state index in [0.717, 1.165) is 52.4 Å². The molecule has 0 bridgehead atoms. The third-order valence-corrected chi connectivity index (χ3v) is 10.6. The lowest BCUT2D eigenvalue weighted by molar-refractivity contribution is -0.140. The molecule has 8 nitrogen and oxygen atoms in total. The van der Waals surface area contributed by atoms with Crippen molar-refractivity contribution in [3.05, 3.63) is 83.9 Å². The van der Waals surface area contributed by atoms with E-state index >= 15 is 0 Å². The zero-order valence-electron chi connectivity index (χ0n) is 26.0. The number of sulfonamides is 1. The number of nitrogens with one attached hydrogen (secondary N) is 1. The summed E-state index contributed by atoms with van der Waals surface area (Å²) in [4.78, 5) is 30.6. The number of carbonyl (C=O) groups is 2. The first-order chi connectivity index (χ1) is 21.2. The first kappa shape index (κ1) is 33.4. The van der Waals surface area contributed by atoms with E-state index < -0.39 is 28.5 Å². The van der Waals surface area contributed by atoms with Crippen molar-refractivity contribution in [1.29, 1.82) is 0 Å². The van der Waals surface area contributed by atoms with Crippen LogP contribution >= 0.6 is 11.8 Å². The van der Waals surface area contributed by atoms with Crippen LogP contribution < -0.4 is 14.4 Å². The Morgan fingerprint density at radius 1 is 1.00 bits per heavy atom. The monoisotopic (exact) mass is 637 g/mol. The minimum absolute atomic E-state index is 0.0766. The van der Waals surface area contributed by atoms with Crippen molar-refractivity contribution in [2.24, 2.45) is 0 Å². The number of anilines is 1. The quantitative estimate of drug-likeness (QED) is 0.225. The van der Waals surface area contributed by atoms with Crippen LogP contribution in [0.2, 0.25) is 0 Å². The van der Waals surface area contributed by atoms with Crippen molar-refractivity contribution in [2.45, 2.75) is 80.8 Å². The molecular formula is C34H43N3O5S2. The van der Waals surface area contributed by atoms with E-state index in [-0.39, 0.29) is 23.4 Å². The maximum Gasteiger partial charge on any atom is 0.264 e. The summed E-state index contributed by atoms with van der Waals surface area (Å²) >= 11 is 1.52. The molecule has 0 radical (unpaired) electrons. The molecule has 44 heavy (non-hydrogen) atoms. The molecule has 1 saturated carbocycles. The summed E-state index contributed by atoms with van der Waals surface area (Å²) in [5.41, 5.74) is 2.12. The Morgan fingerprint density at radius 3 is 2.30 bits per heavy atom. The van der Waals surface area contributed by atoms with Gasteiger partial charge < -0.3 is 15.0 Å². The van der Waals surface area contributed by atoms with Gasteiger partial charge in [-0.05, 0) is 86.5 Å². The molecular weight excluding hydrogens is 595 g/mol. The highest BCUT2D eigenvalue weighted by atomic mass is 32.2. The number of hydrogen-bond donors (Lipinski definition) is 1. The Morgan fingerprint density at radius 2 is 1.68 bits per heavy atom. The minimum Gasteiger partial charge on any atom is -0.497 e. The summed E-state index contributed by atoms with van der Waals surface area (Å²) in [6, 6.07) is 20.3. The van der Waals surface area contributed by atoms with Crippen molar-refractivity contribution in [3.8, 4) is 5.75 Å². The number of benzene rings is 3. The molecule has 0 heterocycles. The van der Waals surface area contributed by atoms with Gasteiger partial charge in [0.05, 0.1) is 17.7 Å². The zero-order chi connectivity index (χ0) is 31.7. The molecule has 10 heteroatoms. The second-order valence-corrected chi connectivity index (χ2v) is 13.9. The third kappa shape index (κ3) is 8.35. The van der Waals surface area contributed by atoms with E-state index in [2.05, 4.69) is 5.32 Å². The lowest BCUT2D eigenvalue weighted by Crippen LogP contribution is -2.54. The van der Waals surface area contributed by atoms with Crippen LogP contribution in [0.5, 0.6) is 5.75 Å². The van der Waals surface area contributed by atoms with Gasteiger partial charge in [-0.3, -0.25) is 13.9 Å². The number of amides is 2. The van der Waals surface area contributed by atoms with Gasteiger partial charge in [-0.1, -0.05) is 56.0 Å². The van der Waals surface area contributed by atoms with Gasteiger partial charge in [-0.2, -0.15) is 0 Å². The Kier molecular flexibility index (Phi) is 11.7. The number of ether oxygens (including phenoxy) is 1. The van der Waals surface area contributed by atoms with Gasteiger partial charge in [0.1, 0.15) is 18.3 Å². The molecule has 236 valence electrons. The highest BCUT2D eigenvalue weighted by Gasteiger charge is 2.34. The maximum absolute atomic E-state index is 14.3. The molecule has 1 aliphatic rings. The van der Waals surface area contributed by atoms with Gasteiger partial charge in [-0.15, -0.1) is 11.8 Å². The van der Waals surface area contributed by atoms with Crippen LogP contribution in [0.25, 0.3) is 0 Å². The van der Waals surface area contributed by atoms with Gasteiger partial charge in [0.2, 0.25) is 11.8 Å². The van der Waals surface area contributed by atoms with Crippen LogP contribution in [0.4, 0.5) is 5.69 Å². The first-order valence-corrected chi connectivity index (χ1v) is 17.8. The van der Waals surface area contributed by atoms with E-state index in [0.29, 0.717) is 17.9 Å². The normalized spacial score (nSPS) is 14.5. The van der Waals surface area contributed by atoms with Gasteiger partial charge in [-0.25, -0.2) is 8.42 Å². The molecule has 2 amide bonds. The lowest BCUT2D eigenvalue weighted by atomic mass is 9.95. The van der Waals surface area contributed by atoms with Crippen LogP contribution in [0, 0.1) is 6.92 Å². The van der Waals surface area contributed by atoms with E-state index in [4.69, 9.17) is 4.74 Å². The molecule has 3 aromatic carbocycles. The van der Waals surface area contributed by atoms with Crippen molar-refractivity contribution in [2.75, 3.05) is 24.2 Å². The van der Waals surface area contributed by atoms with Gasteiger partial charge in [0.15, 0.2) is 0 Å². The van der Waals surface area contributed by atoms with Crippen LogP contribution in [-0.2, 0) is 26.2 Å². The fraction of sp³-hybridized carbons (Fsp3) is 0.412. The molecule has 0 spiro atoms. The summed E-state index contributed by atoms with van der Waals surface area (Å²) in [5.74, 6) is -0.0523. The molecule has 1 aliphatic carbocycles. The van der Waals surface area contributed by atoms with E-state index in [1.165, 1.54) is 16.7 Å². The minimum atomic E-state index is -4.12. The fourth-order valence-electron chi connectivity index (χ4n) is 5.55. The van der Waals surface area contributed by atoms with Gasteiger partial charge in [0, 0.05) is 17.5 Å². The predicted octanol–water partition coefficient (Wildman–Crippen LogP) is 6.18. The largest absolute Gasteiger partial charge is 0.497 e. The van der Waals surface area contributed by atoms with Crippen molar-refractivity contribution < 1.29 is 22.7 Å². The number of methoxy groups -OCH3 is 1. The molecule has 1 atom stereocenters. The van der Waals surface area contributed by atoms with Crippen molar-refractivity contribution >= 4 is 39.3 Å². The zero-order valence-corrected chi connectivity index (χ0v) is 27.6. The van der Waals surface area contributed by atoms with E-state index in [1.54, 1.807) is 43.5 Å². The van der Waals surface area contributed by atoms with Gasteiger partial charge in [0.25, 0.3) is 10.0 Å². The summed E-state index contributed by atoms with van der Waals surface area (Å²) in [6.07, 6.45) is 7.42. The average molecular weight is 638 g/mol. The topological polar surface area (TPSA) is 96.0 Å². The maximum atomic E-state index is 14.3. The summed E-state index contributed by atoms with van der Waals surface area (Å²) in [7, 11) is -2.55. The summed E-state index contributed by atoms with van der Waals surface area (Å²) in [5, 5.41) is 3.18. The summed E-state index contributed by atoms with van der Waals surface area (Å²) < 4.78 is 34.8. The molecule has 3 aromatic rings. The second kappa shape index (κ2) is 15.5. The van der Waals surface area contributed by atoms with Crippen molar-refractivity contribution in [3.63, 3.8) is 0 Å². The number of aryl methyl sites for hydroxylation is 1. The number of carbonyl (C=O) groups excluding carboxylic acids is 2. The van der Waals surface area contributed by atoms with Gasteiger partial charge >= 0.3 is 0 Å². The molecule has 1 fully saturated rings. The molecule has 0 aromatic heterocycles. The molecule has 0 aliphatic heterocycles. The Bertz CT molecular complexity index is 1500. The van der Waals surface area contributed by atoms with E-state index in [9.17, 15) is 18.0 Å². The van der Waals surface area contributed by atoms with Crippen molar-refractivity contribution in [1.82, 2.24) is 10.2 Å². The number of thioether (sulfide) groups is 1. The predicted molar refractivity (Wildman–Crippen MR) is 177 cm³/mol. The smallest absolute Gasteiger partial charge is 0.264 e. The Labute approximate surface area is 266 Å². The molecule has 0 saturated heterocycles. The highest BCUT2D eigenvalue weighted by molar-refractivity contribution is 7.98. The average Bonchev–Trinajstić information content (AvgIpc) is 3.04.